The van der Waals surface area contributed by atoms with Gasteiger partial charge in [0, 0.05) is 18.2 Å². The maximum atomic E-state index is 13.2. The van der Waals surface area contributed by atoms with Crippen molar-refractivity contribution in [2.24, 2.45) is 0 Å². The van der Waals surface area contributed by atoms with Crippen LogP contribution in [0, 0.1) is 0 Å². The molecule has 0 N–H and O–H groups in total. The predicted molar refractivity (Wildman–Crippen MR) is 118 cm³/mol. The van der Waals surface area contributed by atoms with Crippen LogP contribution in [0.1, 0.15) is 40.2 Å². The van der Waals surface area contributed by atoms with Crippen molar-refractivity contribution >= 4 is 21.4 Å². The monoisotopic (exact) mass is 420 g/mol. The molecule has 0 unspecified atom stereocenters. The van der Waals surface area contributed by atoms with Crippen LogP contribution in [0.15, 0.2) is 91.0 Å². The topological polar surface area (TPSA) is 68.3 Å². The highest BCUT2D eigenvalue weighted by Gasteiger charge is 2.31. The van der Waals surface area contributed by atoms with Crippen LogP contribution >= 0.6 is 0 Å². The molecule has 0 aliphatic carbocycles. The van der Waals surface area contributed by atoms with Gasteiger partial charge >= 0.3 is 0 Å². The highest BCUT2D eigenvalue weighted by molar-refractivity contribution is 7.92. The average molecular weight is 421 g/mol. The van der Waals surface area contributed by atoms with Crippen LogP contribution < -0.4 is 0 Å². The zero-order valence-corrected chi connectivity index (χ0v) is 17.6. The fourth-order valence-electron chi connectivity index (χ4n) is 3.60. The van der Waals surface area contributed by atoms with E-state index in [4.69, 9.17) is 0 Å². The first-order valence-electron chi connectivity index (χ1n) is 9.78. The van der Waals surface area contributed by atoms with E-state index < -0.39 is 26.8 Å². The van der Waals surface area contributed by atoms with Crippen molar-refractivity contribution in [2.75, 3.05) is 6.26 Å². The van der Waals surface area contributed by atoms with E-state index in [1.54, 1.807) is 30.3 Å². The minimum Gasteiger partial charge on any atom is -0.299 e. The van der Waals surface area contributed by atoms with Gasteiger partial charge in [0.15, 0.2) is 15.6 Å². The van der Waals surface area contributed by atoms with Gasteiger partial charge in [-0.05, 0) is 17.5 Å². The molecule has 5 heteroatoms. The maximum Gasteiger partial charge on any atom is 0.180 e. The molecule has 30 heavy (non-hydrogen) atoms. The molecular formula is C25H24O4S. The van der Waals surface area contributed by atoms with Crippen molar-refractivity contribution in [3.05, 3.63) is 108 Å². The molecule has 0 fully saturated rings. The summed E-state index contributed by atoms with van der Waals surface area (Å²) in [6, 6.07) is 27.1. The van der Waals surface area contributed by atoms with Crippen molar-refractivity contribution in [3.63, 3.8) is 0 Å². The Labute approximate surface area is 177 Å². The Morgan fingerprint density at radius 2 is 1.17 bits per heavy atom. The van der Waals surface area contributed by atoms with E-state index in [-0.39, 0.29) is 18.6 Å². The number of sulfone groups is 1. The van der Waals surface area contributed by atoms with Crippen LogP contribution in [0.25, 0.3) is 0 Å². The molecule has 4 nitrogen and oxygen atoms in total. The summed E-state index contributed by atoms with van der Waals surface area (Å²) in [6.45, 7) is 0. The molecule has 0 amide bonds. The molecule has 0 radical (unpaired) electrons. The molecule has 0 heterocycles. The average Bonchev–Trinajstić information content (AvgIpc) is 2.75. The van der Waals surface area contributed by atoms with E-state index in [0.29, 0.717) is 5.56 Å². The molecule has 0 aliphatic heterocycles. The third-order valence-corrected chi connectivity index (χ3v) is 6.59. The predicted octanol–water partition coefficient (Wildman–Crippen LogP) is 4.46. The van der Waals surface area contributed by atoms with E-state index in [0.717, 1.165) is 17.4 Å². The van der Waals surface area contributed by atoms with Crippen molar-refractivity contribution in [1.29, 1.82) is 0 Å². The van der Waals surface area contributed by atoms with Gasteiger partial charge in [-0.3, -0.25) is 9.59 Å². The third-order valence-electron chi connectivity index (χ3n) is 5.11. The van der Waals surface area contributed by atoms with Crippen LogP contribution in [-0.2, 0) is 14.6 Å². The largest absolute Gasteiger partial charge is 0.299 e. The molecule has 1 atom stereocenters. The summed E-state index contributed by atoms with van der Waals surface area (Å²) >= 11 is 0. The van der Waals surface area contributed by atoms with Gasteiger partial charge in [0.05, 0.1) is 5.92 Å². The number of carbonyl (C=O) groups is 2. The van der Waals surface area contributed by atoms with E-state index >= 15 is 0 Å². The summed E-state index contributed by atoms with van der Waals surface area (Å²) in [5.74, 6) is -1.08. The number of hydrogen-bond donors (Lipinski definition) is 0. The smallest absolute Gasteiger partial charge is 0.180 e. The Morgan fingerprint density at radius 3 is 1.60 bits per heavy atom. The first-order chi connectivity index (χ1) is 14.4. The number of Topliss-reactive ketones (excluding diaryl/α,β-unsaturated/α-hetero) is 2. The Kier molecular flexibility index (Phi) is 6.95. The fourth-order valence-corrected chi connectivity index (χ4v) is 4.67. The lowest BCUT2D eigenvalue weighted by atomic mass is 9.85. The van der Waals surface area contributed by atoms with Gasteiger partial charge in [0.2, 0.25) is 0 Å². The van der Waals surface area contributed by atoms with E-state index in [1.807, 2.05) is 60.7 Å². The minimum absolute atomic E-state index is 0.00916. The molecule has 0 spiro atoms. The molecule has 0 saturated carbocycles. The summed E-state index contributed by atoms with van der Waals surface area (Å²) in [4.78, 5) is 26.1. The first kappa shape index (κ1) is 21.7. The number of benzene rings is 3. The van der Waals surface area contributed by atoms with Crippen molar-refractivity contribution < 1.29 is 18.0 Å². The standard InChI is InChI=1S/C25H24O4S/c1-30(28,29)23(25(27)21-15-9-4-10-16-21)18-17-22(26)24(19-11-5-2-6-12-19)20-13-7-3-8-14-20/h2-16,23-24H,17-18H2,1H3/t23-/m0/s1. The van der Waals surface area contributed by atoms with Gasteiger partial charge in [-0.2, -0.15) is 0 Å². The van der Waals surface area contributed by atoms with Crippen molar-refractivity contribution in [2.45, 2.75) is 24.0 Å². The molecule has 3 aromatic carbocycles. The number of hydrogen-bond acceptors (Lipinski definition) is 4. The van der Waals surface area contributed by atoms with Crippen LogP contribution in [0.3, 0.4) is 0 Å². The Hall–Kier alpha value is -3.05. The van der Waals surface area contributed by atoms with E-state index in [1.165, 1.54) is 0 Å². The highest BCUT2D eigenvalue weighted by atomic mass is 32.2. The van der Waals surface area contributed by atoms with Crippen LogP contribution in [0.4, 0.5) is 0 Å². The summed E-state index contributed by atoms with van der Waals surface area (Å²) in [7, 11) is -3.66. The fraction of sp³-hybridized carbons (Fsp3) is 0.200. The number of rotatable bonds is 9. The summed E-state index contributed by atoms with van der Waals surface area (Å²) in [5.41, 5.74) is 2.03. The van der Waals surface area contributed by atoms with Gasteiger partial charge in [0.1, 0.15) is 11.0 Å². The summed E-state index contributed by atoms with van der Waals surface area (Å²) < 4.78 is 24.7. The normalized spacial score (nSPS) is 12.5. The molecule has 3 rings (SSSR count). The number of carbonyl (C=O) groups excluding carboxylic acids is 2. The Bertz CT molecular complexity index is 1050. The molecule has 3 aromatic rings. The molecular weight excluding hydrogens is 396 g/mol. The Morgan fingerprint density at radius 1 is 0.733 bits per heavy atom. The second-order valence-corrected chi connectivity index (χ2v) is 9.54. The molecule has 0 aromatic heterocycles. The lowest BCUT2D eigenvalue weighted by Crippen LogP contribution is -2.31. The number of ketones is 2. The maximum absolute atomic E-state index is 13.2. The highest BCUT2D eigenvalue weighted by Crippen LogP contribution is 2.28. The molecule has 154 valence electrons. The quantitative estimate of drug-likeness (QED) is 0.479. The lowest BCUT2D eigenvalue weighted by Gasteiger charge is -2.19. The van der Waals surface area contributed by atoms with Gasteiger partial charge in [0.25, 0.3) is 0 Å². The van der Waals surface area contributed by atoms with Gasteiger partial charge in [-0.15, -0.1) is 0 Å². The lowest BCUT2D eigenvalue weighted by molar-refractivity contribution is -0.119. The van der Waals surface area contributed by atoms with E-state index in [2.05, 4.69) is 0 Å². The summed E-state index contributed by atoms with van der Waals surface area (Å²) in [6.07, 6.45) is 1.00. The zero-order chi connectivity index (χ0) is 21.6. The SMILES string of the molecule is CS(=O)(=O)[C@@H](CCC(=O)C(c1ccccc1)c1ccccc1)C(=O)c1ccccc1. The van der Waals surface area contributed by atoms with Gasteiger partial charge < -0.3 is 0 Å². The molecule has 0 aliphatic rings. The molecule has 0 saturated heterocycles. The van der Waals surface area contributed by atoms with Crippen molar-refractivity contribution in [3.8, 4) is 0 Å². The van der Waals surface area contributed by atoms with Crippen LogP contribution in [-0.4, -0.2) is 31.5 Å². The zero-order valence-electron chi connectivity index (χ0n) is 16.8. The van der Waals surface area contributed by atoms with Gasteiger partial charge in [-0.25, -0.2) is 8.42 Å². The van der Waals surface area contributed by atoms with E-state index in [9.17, 15) is 18.0 Å². The summed E-state index contributed by atoms with van der Waals surface area (Å²) in [5, 5.41) is -1.24. The first-order valence-corrected chi connectivity index (χ1v) is 11.7. The second kappa shape index (κ2) is 9.63. The molecule has 0 bridgehead atoms. The second-order valence-electron chi connectivity index (χ2n) is 7.31. The third kappa shape index (κ3) is 5.30. The van der Waals surface area contributed by atoms with Crippen molar-refractivity contribution in [1.82, 2.24) is 0 Å². The van der Waals surface area contributed by atoms with Gasteiger partial charge in [-0.1, -0.05) is 91.0 Å². The van der Waals surface area contributed by atoms with Crippen LogP contribution in [0.2, 0.25) is 0 Å². The van der Waals surface area contributed by atoms with Crippen LogP contribution in [0.5, 0.6) is 0 Å². The Balaban J connectivity index is 1.85. The minimum atomic E-state index is -3.66.